The Balaban J connectivity index is 0.000000262. The van der Waals surface area contributed by atoms with Crippen molar-refractivity contribution in [2.75, 3.05) is 46.8 Å². The highest BCUT2D eigenvalue weighted by molar-refractivity contribution is 5.76. The molecule has 0 saturated carbocycles. The second-order valence-corrected chi connectivity index (χ2v) is 6.66. The standard InChI is InChI=1S/C11H22N2O.C6H13N/c1-3-6-12-11(14)9-10-4-7-13(2)8-5-10;1-7-5-3-2-4-6-7/h10H,3-9H2,1-2H3,(H,12,14);2-6H2,1H3. The highest BCUT2D eigenvalue weighted by Crippen LogP contribution is 2.19. The maximum Gasteiger partial charge on any atom is 0.220 e. The molecule has 2 fully saturated rings. The fraction of sp³-hybridized carbons (Fsp3) is 0.941. The van der Waals surface area contributed by atoms with Crippen molar-refractivity contribution in [3.63, 3.8) is 0 Å². The second-order valence-electron chi connectivity index (χ2n) is 6.66. The molecule has 2 aliphatic rings. The molecular formula is C17H35N3O. The number of nitrogens with one attached hydrogen (secondary N) is 1. The molecule has 2 saturated heterocycles. The number of hydrogen-bond donors (Lipinski definition) is 1. The lowest BCUT2D eigenvalue weighted by Crippen LogP contribution is -2.33. The number of carbonyl (C=O) groups excluding carboxylic acids is 1. The lowest BCUT2D eigenvalue weighted by Gasteiger charge is -2.28. The summed E-state index contributed by atoms with van der Waals surface area (Å²) in [6, 6.07) is 0. The molecular weight excluding hydrogens is 262 g/mol. The molecule has 1 N–H and O–H groups in total. The predicted molar refractivity (Wildman–Crippen MR) is 89.5 cm³/mol. The van der Waals surface area contributed by atoms with Gasteiger partial charge in [0, 0.05) is 13.0 Å². The fourth-order valence-electron chi connectivity index (χ4n) is 2.92. The lowest BCUT2D eigenvalue weighted by molar-refractivity contribution is -0.122. The van der Waals surface area contributed by atoms with Gasteiger partial charge in [-0.15, -0.1) is 0 Å². The molecule has 4 heteroatoms. The Morgan fingerprint density at radius 2 is 1.57 bits per heavy atom. The molecule has 1 amide bonds. The molecule has 21 heavy (non-hydrogen) atoms. The summed E-state index contributed by atoms with van der Waals surface area (Å²) in [7, 11) is 4.34. The van der Waals surface area contributed by atoms with Crippen molar-refractivity contribution < 1.29 is 4.79 Å². The first-order valence-electron chi connectivity index (χ1n) is 8.75. The number of likely N-dealkylation sites (tertiary alicyclic amines) is 2. The van der Waals surface area contributed by atoms with Gasteiger partial charge in [-0.1, -0.05) is 13.3 Å². The summed E-state index contributed by atoms with van der Waals surface area (Å²) in [5.74, 6) is 0.851. The average Bonchev–Trinajstić information content (AvgIpc) is 2.49. The van der Waals surface area contributed by atoms with Crippen molar-refractivity contribution in [1.29, 1.82) is 0 Å². The Morgan fingerprint density at radius 1 is 1.00 bits per heavy atom. The molecule has 0 bridgehead atoms. The van der Waals surface area contributed by atoms with Crippen molar-refractivity contribution in [2.24, 2.45) is 5.92 Å². The predicted octanol–water partition coefficient (Wildman–Crippen LogP) is 2.35. The highest BCUT2D eigenvalue weighted by atomic mass is 16.1. The first-order chi connectivity index (χ1) is 10.1. The number of rotatable bonds is 4. The summed E-state index contributed by atoms with van der Waals surface area (Å²) in [6.45, 7) is 7.83. The molecule has 0 spiro atoms. The minimum absolute atomic E-state index is 0.237. The van der Waals surface area contributed by atoms with Crippen molar-refractivity contribution in [3.05, 3.63) is 0 Å². The van der Waals surface area contributed by atoms with Crippen LogP contribution in [0.5, 0.6) is 0 Å². The first kappa shape index (κ1) is 18.4. The number of nitrogens with zero attached hydrogens (tertiary/aromatic N) is 2. The SMILES string of the molecule is CCCNC(=O)CC1CCN(C)CC1.CN1CCCCC1. The van der Waals surface area contributed by atoms with E-state index in [4.69, 9.17) is 0 Å². The molecule has 2 aliphatic heterocycles. The second kappa shape index (κ2) is 11.0. The highest BCUT2D eigenvalue weighted by Gasteiger charge is 2.18. The zero-order valence-corrected chi connectivity index (χ0v) is 14.4. The number of amides is 1. The van der Waals surface area contributed by atoms with Crippen LogP contribution >= 0.6 is 0 Å². The van der Waals surface area contributed by atoms with Gasteiger partial charge >= 0.3 is 0 Å². The summed E-state index contributed by atoms with van der Waals surface area (Å²) < 4.78 is 0. The van der Waals surface area contributed by atoms with Crippen LogP contribution in [0.25, 0.3) is 0 Å². The summed E-state index contributed by atoms with van der Waals surface area (Å²) in [5.41, 5.74) is 0. The van der Waals surface area contributed by atoms with Crippen molar-refractivity contribution in [3.8, 4) is 0 Å². The molecule has 2 rings (SSSR count). The molecule has 0 aliphatic carbocycles. The van der Waals surface area contributed by atoms with E-state index in [1.165, 1.54) is 45.2 Å². The van der Waals surface area contributed by atoms with Gasteiger partial charge in [-0.25, -0.2) is 0 Å². The molecule has 0 radical (unpaired) electrons. The van der Waals surface area contributed by atoms with E-state index in [2.05, 4.69) is 36.1 Å². The van der Waals surface area contributed by atoms with Crippen LogP contribution < -0.4 is 5.32 Å². The van der Waals surface area contributed by atoms with Gasteiger partial charge in [0.1, 0.15) is 0 Å². The maximum atomic E-state index is 11.4. The van der Waals surface area contributed by atoms with Crippen LogP contribution in [0.2, 0.25) is 0 Å². The number of carbonyl (C=O) groups is 1. The topological polar surface area (TPSA) is 35.6 Å². The van der Waals surface area contributed by atoms with E-state index in [1.54, 1.807) is 0 Å². The van der Waals surface area contributed by atoms with Crippen LogP contribution in [0.3, 0.4) is 0 Å². The molecule has 0 atom stereocenters. The largest absolute Gasteiger partial charge is 0.356 e. The Hall–Kier alpha value is -0.610. The first-order valence-corrected chi connectivity index (χ1v) is 8.75. The third kappa shape index (κ3) is 9.10. The smallest absolute Gasteiger partial charge is 0.220 e. The van der Waals surface area contributed by atoms with Crippen LogP contribution in [-0.4, -0.2) is 62.5 Å². The lowest BCUT2D eigenvalue weighted by atomic mass is 9.93. The fourth-order valence-corrected chi connectivity index (χ4v) is 2.92. The molecule has 2 heterocycles. The van der Waals surface area contributed by atoms with Crippen LogP contribution in [0.4, 0.5) is 0 Å². The zero-order valence-electron chi connectivity index (χ0n) is 14.4. The molecule has 0 aromatic rings. The van der Waals surface area contributed by atoms with Gasteiger partial charge in [0.05, 0.1) is 0 Å². The third-order valence-electron chi connectivity index (χ3n) is 4.46. The van der Waals surface area contributed by atoms with Gasteiger partial charge in [-0.2, -0.15) is 0 Å². The molecule has 4 nitrogen and oxygen atoms in total. The molecule has 0 unspecified atom stereocenters. The number of piperidine rings is 2. The van der Waals surface area contributed by atoms with E-state index >= 15 is 0 Å². The van der Waals surface area contributed by atoms with Gasteiger partial charge < -0.3 is 15.1 Å². The summed E-state index contributed by atoms with van der Waals surface area (Å²) in [5, 5.41) is 2.94. The monoisotopic (exact) mass is 297 g/mol. The Kier molecular flexibility index (Phi) is 9.68. The summed E-state index contributed by atoms with van der Waals surface area (Å²) in [4.78, 5) is 16.2. The van der Waals surface area contributed by atoms with E-state index in [9.17, 15) is 4.79 Å². The van der Waals surface area contributed by atoms with Gasteiger partial charge in [0.15, 0.2) is 0 Å². The van der Waals surface area contributed by atoms with Crippen molar-refractivity contribution in [1.82, 2.24) is 15.1 Å². The third-order valence-corrected chi connectivity index (χ3v) is 4.46. The quantitative estimate of drug-likeness (QED) is 0.865. The van der Waals surface area contributed by atoms with E-state index in [0.717, 1.165) is 32.5 Å². The summed E-state index contributed by atoms with van der Waals surface area (Å²) >= 11 is 0. The minimum Gasteiger partial charge on any atom is -0.356 e. The summed E-state index contributed by atoms with van der Waals surface area (Å²) in [6.07, 6.45) is 8.39. The minimum atomic E-state index is 0.237. The van der Waals surface area contributed by atoms with Crippen molar-refractivity contribution >= 4 is 5.91 Å². The van der Waals surface area contributed by atoms with Crippen LogP contribution in [0.15, 0.2) is 0 Å². The van der Waals surface area contributed by atoms with Crippen LogP contribution in [0.1, 0.15) is 51.9 Å². The Bertz CT molecular complexity index is 269. The Labute approximate surface area is 131 Å². The van der Waals surface area contributed by atoms with Crippen molar-refractivity contribution in [2.45, 2.75) is 51.9 Å². The van der Waals surface area contributed by atoms with E-state index in [1.807, 2.05) is 0 Å². The van der Waals surface area contributed by atoms with Gasteiger partial charge in [-0.3, -0.25) is 4.79 Å². The van der Waals surface area contributed by atoms with Crippen LogP contribution in [0, 0.1) is 5.92 Å². The average molecular weight is 297 g/mol. The molecule has 124 valence electrons. The van der Waals surface area contributed by atoms with E-state index < -0.39 is 0 Å². The maximum absolute atomic E-state index is 11.4. The van der Waals surface area contributed by atoms with E-state index in [-0.39, 0.29) is 5.91 Å². The van der Waals surface area contributed by atoms with Gasteiger partial charge in [0.2, 0.25) is 5.91 Å². The molecule has 0 aromatic carbocycles. The van der Waals surface area contributed by atoms with E-state index in [0.29, 0.717) is 5.92 Å². The van der Waals surface area contributed by atoms with Gasteiger partial charge in [0.25, 0.3) is 0 Å². The normalized spacial score (nSPS) is 21.5. The zero-order chi connectivity index (χ0) is 15.5. The van der Waals surface area contributed by atoms with Gasteiger partial charge in [-0.05, 0) is 78.3 Å². The number of hydrogen-bond acceptors (Lipinski definition) is 3. The molecule has 0 aromatic heterocycles. The van der Waals surface area contributed by atoms with Crippen LogP contribution in [-0.2, 0) is 4.79 Å². The Morgan fingerprint density at radius 3 is 2.05 bits per heavy atom.